The molecule has 1 atom stereocenters. The molecule has 1 aromatic carbocycles. The Morgan fingerprint density at radius 3 is 2.50 bits per heavy atom. The van der Waals surface area contributed by atoms with Crippen molar-refractivity contribution in [2.24, 2.45) is 5.73 Å². The Kier molecular flexibility index (Phi) is 3.30. The zero-order valence-electron chi connectivity index (χ0n) is 7.60. The van der Waals surface area contributed by atoms with Gasteiger partial charge in [-0.25, -0.2) is 0 Å². The number of nitrogens with two attached hydrogens (primary N) is 2. The van der Waals surface area contributed by atoms with Gasteiger partial charge in [-0.1, -0.05) is 0 Å². The molecular weight excluding hydrogens is 182 g/mol. The van der Waals surface area contributed by atoms with Crippen LogP contribution in [0.3, 0.4) is 0 Å². The first kappa shape index (κ1) is 10.3. The highest BCUT2D eigenvalue weighted by Crippen LogP contribution is 2.09. The lowest BCUT2D eigenvalue weighted by Crippen LogP contribution is -2.34. The van der Waals surface area contributed by atoms with Crippen LogP contribution in [0.25, 0.3) is 0 Å². The van der Waals surface area contributed by atoms with Crippen LogP contribution in [-0.2, 0) is 4.79 Å². The zero-order chi connectivity index (χ0) is 10.6. The molecule has 0 heterocycles. The van der Waals surface area contributed by atoms with Crippen LogP contribution in [0.5, 0.6) is 0 Å². The molecule has 0 aliphatic heterocycles. The third-order valence-corrected chi connectivity index (χ3v) is 1.74. The Hall–Kier alpha value is -1.75. The van der Waals surface area contributed by atoms with E-state index in [9.17, 15) is 4.79 Å². The van der Waals surface area contributed by atoms with Gasteiger partial charge < -0.3 is 21.9 Å². The van der Waals surface area contributed by atoms with Crippen molar-refractivity contribution in [2.45, 2.75) is 6.10 Å². The molecule has 14 heavy (non-hydrogen) atoms. The summed E-state index contributed by atoms with van der Waals surface area (Å²) in [4.78, 5) is 10.5. The van der Waals surface area contributed by atoms with E-state index in [4.69, 9.17) is 16.6 Å². The molecule has 0 saturated carbocycles. The van der Waals surface area contributed by atoms with Crippen LogP contribution in [0.4, 0.5) is 11.4 Å². The minimum Gasteiger partial charge on any atom is -0.399 e. The van der Waals surface area contributed by atoms with Crippen molar-refractivity contribution in [3.63, 3.8) is 0 Å². The van der Waals surface area contributed by atoms with Gasteiger partial charge in [-0.05, 0) is 24.3 Å². The van der Waals surface area contributed by atoms with Gasteiger partial charge in [-0.2, -0.15) is 0 Å². The number of benzene rings is 1. The number of aliphatic hydroxyl groups excluding tert-OH is 1. The number of aliphatic hydroxyl groups is 1. The number of hydrogen-bond donors (Lipinski definition) is 4. The summed E-state index contributed by atoms with van der Waals surface area (Å²) in [5.74, 6) is -0.743. The highest BCUT2D eigenvalue weighted by atomic mass is 16.3. The summed E-state index contributed by atoms with van der Waals surface area (Å²) >= 11 is 0. The molecule has 5 heteroatoms. The van der Waals surface area contributed by atoms with Gasteiger partial charge in [0.15, 0.2) is 0 Å². The lowest BCUT2D eigenvalue weighted by Gasteiger charge is -2.09. The molecule has 0 spiro atoms. The molecule has 0 saturated heterocycles. The van der Waals surface area contributed by atoms with Crippen LogP contribution in [0.2, 0.25) is 0 Å². The average molecular weight is 195 g/mol. The molecule has 1 rings (SSSR count). The first-order valence-corrected chi connectivity index (χ1v) is 4.16. The van der Waals surface area contributed by atoms with Gasteiger partial charge in [0.25, 0.3) is 0 Å². The average Bonchev–Trinajstić information content (AvgIpc) is 2.16. The minimum atomic E-state index is -1.17. The lowest BCUT2D eigenvalue weighted by molar-refractivity contribution is -0.125. The largest absolute Gasteiger partial charge is 0.399 e. The summed E-state index contributed by atoms with van der Waals surface area (Å²) in [5, 5.41) is 11.9. The molecule has 0 radical (unpaired) electrons. The van der Waals surface area contributed by atoms with E-state index in [1.807, 2.05) is 0 Å². The normalized spacial score (nSPS) is 12.1. The van der Waals surface area contributed by atoms with Crippen LogP contribution >= 0.6 is 0 Å². The van der Waals surface area contributed by atoms with Gasteiger partial charge in [0.05, 0.1) is 0 Å². The fraction of sp³-hybridized carbons (Fsp3) is 0.222. The Bertz CT molecular complexity index is 310. The monoisotopic (exact) mass is 195 g/mol. The van der Waals surface area contributed by atoms with Crippen molar-refractivity contribution in [1.82, 2.24) is 0 Å². The second kappa shape index (κ2) is 4.48. The smallest absolute Gasteiger partial charge is 0.248 e. The topological polar surface area (TPSA) is 101 Å². The Labute approximate surface area is 81.7 Å². The predicted octanol–water partition coefficient (Wildman–Crippen LogP) is -0.473. The number of rotatable bonds is 4. The van der Waals surface area contributed by atoms with E-state index >= 15 is 0 Å². The van der Waals surface area contributed by atoms with E-state index in [1.165, 1.54) is 0 Å². The minimum absolute atomic E-state index is 0.0965. The Morgan fingerprint density at radius 2 is 2.00 bits per heavy atom. The summed E-state index contributed by atoms with van der Waals surface area (Å²) in [6.07, 6.45) is -1.17. The predicted molar refractivity (Wildman–Crippen MR) is 54.5 cm³/mol. The number of nitrogens with one attached hydrogen (secondary N) is 1. The summed E-state index contributed by atoms with van der Waals surface area (Å²) in [7, 11) is 0. The van der Waals surface area contributed by atoms with E-state index in [1.54, 1.807) is 24.3 Å². The summed E-state index contributed by atoms with van der Waals surface area (Å²) < 4.78 is 0. The quantitative estimate of drug-likeness (QED) is 0.488. The number of amides is 1. The molecule has 0 fully saturated rings. The zero-order valence-corrected chi connectivity index (χ0v) is 7.60. The van der Waals surface area contributed by atoms with Gasteiger partial charge in [-0.15, -0.1) is 0 Å². The molecule has 1 amide bonds. The number of anilines is 2. The number of carbonyl (C=O) groups is 1. The van der Waals surface area contributed by atoms with Gasteiger partial charge in [0.2, 0.25) is 5.91 Å². The molecule has 0 aliphatic carbocycles. The summed E-state index contributed by atoms with van der Waals surface area (Å²) in [6.45, 7) is 0.0965. The van der Waals surface area contributed by atoms with Gasteiger partial charge in [0.1, 0.15) is 6.10 Å². The second-order valence-corrected chi connectivity index (χ2v) is 2.92. The van der Waals surface area contributed by atoms with Crippen molar-refractivity contribution in [2.75, 3.05) is 17.6 Å². The Balaban J connectivity index is 2.46. The van der Waals surface area contributed by atoms with E-state index in [-0.39, 0.29) is 6.54 Å². The number of nitrogen functional groups attached to an aromatic ring is 1. The van der Waals surface area contributed by atoms with E-state index < -0.39 is 12.0 Å². The van der Waals surface area contributed by atoms with Crippen LogP contribution < -0.4 is 16.8 Å². The molecule has 0 aliphatic rings. The fourth-order valence-electron chi connectivity index (χ4n) is 0.916. The second-order valence-electron chi connectivity index (χ2n) is 2.92. The molecule has 0 aromatic heterocycles. The standard InChI is InChI=1S/C9H13N3O2/c10-6-1-3-7(4-2-6)12-5-8(13)9(11)14/h1-4,8,12-13H,5,10H2,(H2,11,14). The van der Waals surface area contributed by atoms with E-state index in [2.05, 4.69) is 5.32 Å². The highest BCUT2D eigenvalue weighted by Gasteiger charge is 2.09. The molecular formula is C9H13N3O2. The van der Waals surface area contributed by atoms with Crippen LogP contribution in [-0.4, -0.2) is 23.7 Å². The number of primary amides is 1. The molecule has 0 bridgehead atoms. The molecule has 6 N–H and O–H groups in total. The highest BCUT2D eigenvalue weighted by molar-refractivity contribution is 5.79. The van der Waals surface area contributed by atoms with E-state index in [0.717, 1.165) is 5.69 Å². The van der Waals surface area contributed by atoms with E-state index in [0.29, 0.717) is 5.69 Å². The third-order valence-electron chi connectivity index (χ3n) is 1.74. The third kappa shape index (κ3) is 2.95. The van der Waals surface area contributed by atoms with Crippen molar-refractivity contribution in [1.29, 1.82) is 0 Å². The lowest BCUT2D eigenvalue weighted by atomic mass is 10.2. The molecule has 5 nitrogen and oxygen atoms in total. The maximum absolute atomic E-state index is 10.5. The first-order valence-electron chi connectivity index (χ1n) is 4.16. The van der Waals surface area contributed by atoms with Crippen molar-refractivity contribution < 1.29 is 9.90 Å². The van der Waals surface area contributed by atoms with Crippen LogP contribution in [0.15, 0.2) is 24.3 Å². The first-order chi connectivity index (χ1) is 6.59. The van der Waals surface area contributed by atoms with Crippen LogP contribution in [0, 0.1) is 0 Å². The number of hydrogen-bond acceptors (Lipinski definition) is 4. The SMILES string of the molecule is NC(=O)C(O)CNc1ccc(N)cc1. The van der Waals surface area contributed by atoms with Crippen molar-refractivity contribution in [3.8, 4) is 0 Å². The fourth-order valence-corrected chi connectivity index (χ4v) is 0.916. The molecule has 1 aromatic rings. The van der Waals surface area contributed by atoms with Crippen molar-refractivity contribution in [3.05, 3.63) is 24.3 Å². The van der Waals surface area contributed by atoms with Gasteiger partial charge >= 0.3 is 0 Å². The maximum Gasteiger partial charge on any atom is 0.248 e. The van der Waals surface area contributed by atoms with Gasteiger partial charge in [-0.3, -0.25) is 4.79 Å². The van der Waals surface area contributed by atoms with Crippen molar-refractivity contribution >= 4 is 17.3 Å². The molecule has 76 valence electrons. The van der Waals surface area contributed by atoms with Gasteiger partial charge in [0, 0.05) is 17.9 Å². The summed E-state index contributed by atoms with van der Waals surface area (Å²) in [6, 6.07) is 6.95. The van der Waals surface area contributed by atoms with Crippen LogP contribution in [0.1, 0.15) is 0 Å². The molecule has 1 unspecified atom stereocenters. The summed E-state index contributed by atoms with van der Waals surface area (Å²) in [5.41, 5.74) is 11.8. The maximum atomic E-state index is 10.5. The number of carbonyl (C=O) groups excluding carboxylic acids is 1. The Morgan fingerprint density at radius 1 is 1.43 bits per heavy atom.